The molecule has 0 aliphatic carbocycles. The van der Waals surface area contributed by atoms with Crippen LogP contribution in [0.3, 0.4) is 0 Å². The fourth-order valence-corrected chi connectivity index (χ4v) is 3.82. The summed E-state index contributed by atoms with van der Waals surface area (Å²) in [7, 11) is 0. The quantitative estimate of drug-likeness (QED) is 0.187. The number of hydrogen-bond acceptors (Lipinski definition) is 6. The predicted octanol–water partition coefficient (Wildman–Crippen LogP) is 5.20. The second-order valence-corrected chi connectivity index (χ2v) is 11.0. The summed E-state index contributed by atoms with van der Waals surface area (Å²) in [6.45, 7) is 17.5. The second kappa shape index (κ2) is 24.8. The van der Waals surface area contributed by atoms with Crippen molar-refractivity contribution in [3.05, 3.63) is 0 Å². The van der Waals surface area contributed by atoms with Crippen LogP contribution >= 0.6 is 0 Å². The number of carboxylic acids is 3. The predicted molar refractivity (Wildman–Crippen MR) is 143 cm³/mol. The van der Waals surface area contributed by atoms with Crippen LogP contribution in [-0.4, -0.2) is 17.9 Å². The molecule has 0 aromatic rings. The van der Waals surface area contributed by atoms with Crippen LogP contribution in [0, 0.1) is 57.1 Å². The van der Waals surface area contributed by atoms with Gasteiger partial charge < -0.3 is 29.7 Å². The van der Waals surface area contributed by atoms with Gasteiger partial charge in [0.05, 0.1) is 0 Å². The minimum absolute atomic E-state index is 0. The Morgan fingerprint density at radius 2 is 0.757 bits per heavy atom. The van der Waals surface area contributed by atoms with Gasteiger partial charge in [0.15, 0.2) is 0 Å². The van der Waals surface area contributed by atoms with E-state index in [1.54, 1.807) is 20.8 Å². The zero-order valence-corrected chi connectivity index (χ0v) is 28.8. The number of carbonyl (C=O) groups excluding carboxylic acids is 3. The van der Waals surface area contributed by atoms with E-state index in [-0.39, 0.29) is 40.8 Å². The van der Waals surface area contributed by atoms with E-state index in [9.17, 15) is 29.7 Å². The fraction of sp³-hybridized carbons (Fsp3) is 0.900. The Morgan fingerprint density at radius 1 is 0.459 bits per heavy atom. The van der Waals surface area contributed by atoms with Crippen molar-refractivity contribution in [3.8, 4) is 0 Å². The van der Waals surface area contributed by atoms with Crippen molar-refractivity contribution in [2.45, 2.75) is 159 Å². The molecule has 217 valence electrons. The molecule has 0 heterocycles. The maximum atomic E-state index is 10.8. The first-order valence-electron chi connectivity index (χ1n) is 14.3. The van der Waals surface area contributed by atoms with Gasteiger partial charge in [0.2, 0.25) is 0 Å². The first kappa shape index (κ1) is 43.8. The third kappa shape index (κ3) is 20.3. The largest absolute Gasteiger partial charge is 3.00 e. The summed E-state index contributed by atoms with van der Waals surface area (Å²) < 4.78 is 0. The number of carboxylic acid groups (broad SMARTS) is 3. The average Bonchev–Trinajstić information content (AvgIpc) is 2.83. The molecule has 0 bridgehead atoms. The van der Waals surface area contributed by atoms with E-state index in [1.165, 1.54) is 0 Å². The van der Waals surface area contributed by atoms with Crippen molar-refractivity contribution >= 4 is 17.9 Å². The summed E-state index contributed by atoms with van der Waals surface area (Å²) in [6, 6.07) is 0. The third-order valence-electron chi connectivity index (χ3n) is 7.59. The SMILES string of the molecule is CCCCC(C)(CCC)C(=O)[O-].CCCCCC(C)(CC)C(=O)[O-].CCCCCC(C)(CC)C(=O)[O-].[Nd+3]. The molecular weight excluding hydrogens is 601 g/mol. The van der Waals surface area contributed by atoms with E-state index in [0.717, 1.165) is 83.5 Å². The van der Waals surface area contributed by atoms with E-state index in [0.29, 0.717) is 12.8 Å². The molecule has 0 saturated heterocycles. The molecule has 0 aliphatic rings. The molecule has 0 amide bonds. The van der Waals surface area contributed by atoms with Gasteiger partial charge in [-0.05, 0) is 38.5 Å². The maximum absolute atomic E-state index is 10.8. The molecular formula is C30H57NdO6. The zero-order valence-electron chi connectivity index (χ0n) is 25.6. The van der Waals surface area contributed by atoms with Gasteiger partial charge in [-0.15, -0.1) is 0 Å². The van der Waals surface area contributed by atoms with Crippen LogP contribution in [0.1, 0.15) is 159 Å². The summed E-state index contributed by atoms with van der Waals surface area (Å²) in [5.74, 6) is -2.69. The van der Waals surface area contributed by atoms with Gasteiger partial charge in [-0.1, -0.05) is 120 Å². The molecule has 3 unspecified atom stereocenters. The Kier molecular flexibility index (Phi) is 29.3. The van der Waals surface area contributed by atoms with Crippen LogP contribution in [0.2, 0.25) is 0 Å². The van der Waals surface area contributed by atoms with Crippen LogP contribution in [0.25, 0.3) is 0 Å². The van der Waals surface area contributed by atoms with E-state index in [1.807, 2.05) is 20.8 Å². The monoisotopic (exact) mass is 655 g/mol. The van der Waals surface area contributed by atoms with Crippen LogP contribution in [0.4, 0.5) is 0 Å². The van der Waals surface area contributed by atoms with E-state index < -0.39 is 34.2 Å². The number of aliphatic carboxylic acids is 3. The molecule has 7 heteroatoms. The molecule has 3 atom stereocenters. The van der Waals surface area contributed by atoms with Gasteiger partial charge in [-0.2, -0.15) is 0 Å². The van der Waals surface area contributed by atoms with Crippen LogP contribution < -0.4 is 15.3 Å². The van der Waals surface area contributed by atoms with Crippen LogP contribution in [-0.2, 0) is 14.4 Å². The molecule has 6 nitrogen and oxygen atoms in total. The minimum atomic E-state index is -0.902. The van der Waals surface area contributed by atoms with E-state index >= 15 is 0 Å². The molecule has 1 radical (unpaired) electrons. The number of carbonyl (C=O) groups is 3. The van der Waals surface area contributed by atoms with Crippen molar-refractivity contribution in [1.82, 2.24) is 0 Å². The van der Waals surface area contributed by atoms with Crippen molar-refractivity contribution in [1.29, 1.82) is 0 Å². The molecule has 0 N–H and O–H groups in total. The first-order chi connectivity index (χ1) is 16.7. The van der Waals surface area contributed by atoms with Gasteiger partial charge in [-0.3, -0.25) is 0 Å². The molecule has 0 saturated carbocycles. The Hall–Kier alpha value is -0.239. The zero-order chi connectivity index (χ0) is 28.8. The molecule has 0 rings (SSSR count). The number of hydrogen-bond donors (Lipinski definition) is 0. The minimum Gasteiger partial charge on any atom is -0.550 e. The Balaban J connectivity index is -0.000000218. The van der Waals surface area contributed by atoms with Crippen molar-refractivity contribution in [2.75, 3.05) is 0 Å². The van der Waals surface area contributed by atoms with Crippen molar-refractivity contribution in [3.63, 3.8) is 0 Å². The Morgan fingerprint density at radius 3 is 0.973 bits per heavy atom. The summed E-state index contributed by atoms with van der Waals surface area (Å²) in [5, 5.41) is 32.3. The molecule has 0 fully saturated rings. The summed E-state index contributed by atoms with van der Waals surface area (Å²) in [6.07, 6.45) is 13.7. The van der Waals surface area contributed by atoms with Gasteiger partial charge in [0, 0.05) is 34.2 Å². The smallest absolute Gasteiger partial charge is 0.550 e. The second-order valence-electron chi connectivity index (χ2n) is 11.0. The van der Waals surface area contributed by atoms with E-state index in [4.69, 9.17) is 0 Å². The summed E-state index contributed by atoms with van der Waals surface area (Å²) in [5.41, 5.74) is -1.80. The van der Waals surface area contributed by atoms with Gasteiger partial charge in [-0.25, -0.2) is 0 Å². The molecule has 0 aliphatic heterocycles. The number of rotatable bonds is 18. The number of unbranched alkanes of at least 4 members (excludes halogenated alkanes) is 5. The van der Waals surface area contributed by atoms with Gasteiger partial charge in [0.25, 0.3) is 0 Å². The summed E-state index contributed by atoms with van der Waals surface area (Å²) in [4.78, 5) is 32.3. The van der Waals surface area contributed by atoms with Crippen molar-refractivity contribution < 1.29 is 70.5 Å². The Labute approximate surface area is 261 Å². The van der Waals surface area contributed by atoms with Gasteiger partial charge in [0.1, 0.15) is 0 Å². The van der Waals surface area contributed by atoms with Crippen LogP contribution in [0.15, 0.2) is 0 Å². The molecule has 37 heavy (non-hydrogen) atoms. The molecule has 0 spiro atoms. The maximum Gasteiger partial charge on any atom is 3.00 e. The molecule has 0 aromatic heterocycles. The topological polar surface area (TPSA) is 120 Å². The standard InChI is InChI=1S/3C10H20O2.Nd/c2*1-4-6-7-8-10(3,5-2)9(11)12;1-4-6-8-10(3,7-5-2)9(11)12;/h3*4-8H2,1-3H3,(H,11,12);/q;;;+3/p-3. The fourth-order valence-electron chi connectivity index (χ4n) is 3.82. The normalized spacial score (nSPS) is 15.2. The first-order valence-corrected chi connectivity index (χ1v) is 14.3. The average molecular weight is 658 g/mol. The third-order valence-corrected chi connectivity index (χ3v) is 7.59. The Bertz CT molecular complexity index is 563. The van der Waals surface area contributed by atoms with Crippen LogP contribution in [0.5, 0.6) is 0 Å². The van der Waals surface area contributed by atoms with Gasteiger partial charge >= 0.3 is 40.8 Å². The van der Waals surface area contributed by atoms with E-state index in [2.05, 4.69) is 20.8 Å². The van der Waals surface area contributed by atoms with Crippen molar-refractivity contribution in [2.24, 2.45) is 16.2 Å². The molecule has 0 aromatic carbocycles. The summed E-state index contributed by atoms with van der Waals surface area (Å²) >= 11 is 0.